The second-order valence-electron chi connectivity index (χ2n) is 8.04. The maximum atomic E-state index is 12.6. The molecular weight excluding hydrogens is 439 g/mol. The first kappa shape index (κ1) is 28.7. The molecule has 0 radical (unpaired) electrons. The molecule has 34 heavy (non-hydrogen) atoms. The van der Waals surface area contributed by atoms with E-state index >= 15 is 0 Å². The van der Waals surface area contributed by atoms with Crippen LogP contribution in [0.1, 0.15) is 46.6 Å². The van der Waals surface area contributed by atoms with Gasteiger partial charge in [-0.2, -0.15) is 13.2 Å². The first-order valence-corrected chi connectivity index (χ1v) is 10.9. The van der Waals surface area contributed by atoms with Crippen LogP contribution in [0.4, 0.5) is 18.9 Å². The third kappa shape index (κ3) is 10.5. The van der Waals surface area contributed by atoms with Gasteiger partial charge in [0.05, 0.1) is 12.1 Å². The number of anilines is 1. The minimum atomic E-state index is -4.38. The molecule has 0 unspecified atom stereocenters. The van der Waals surface area contributed by atoms with Gasteiger partial charge in [-0.1, -0.05) is 36.4 Å². The van der Waals surface area contributed by atoms with Crippen LogP contribution in [0.3, 0.4) is 0 Å². The molecule has 1 aliphatic rings. The van der Waals surface area contributed by atoms with Gasteiger partial charge in [0.1, 0.15) is 0 Å². The summed E-state index contributed by atoms with van der Waals surface area (Å²) in [6, 6.07) is 4.88. The second-order valence-corrected chi connectivity index (χ2v) is 8.04. The summed E-state index contributed by atoms with van der Waals surface area (Å²) in [6.45, 7) is 13.3. The molecule has 1 aromatic rings. The van der Waals surface area contributed by atoms with Gasteiger partial charge in [-0.15, -0.1) is 0 Å². The fourth-order valence-electron chi connectivity index (χ4n) is 2.96. The molecule has 184 valence electrons. The lowest BCUT2D eigenvalue weighted by Crippen LogP contribution is -2.19. The Labute approximate surface area is 200 Å². The summed E-state index contributed by atoms with van der Waals surface area (Å²) < 4.78 is 37.8. The fourth-order valence-corrected chi connectivity index (χ4v) is 2.96. The summed E-state index contributed by atoms with van der Waals surface area (Å²) in [7, 11) is 1.84. The highest BCUT2D eigenvalue weighted by Gasteiger charge is 2.30. The van der Waals surface area contributed by atoms with Gasteiger partial charge in [0.25, 0.3) is 0 Å². The van der Waals surface area contributed by atoms with Crippen LogP contribution < -0.4 is 10.6 Å². The summed E-state index contributed by atoms with van der Waals surface area (Å²) in [5.41, 5.74) is 5.85. The Kier molecular flexibility index (Phi) is 11.3. The van der Waals surface area contributed by atoms with Crippen LogP contribution in [0.25, 0.3) is 0 Å². The molecule has 0 bridgehead atoms. The van der Waals surface area contributed by atoms with E-state index in [0.29, 0.717) is 17.1 Å². The molecule has 0 aliphatic heterocycles. The first-order chi connectivity index (χ1) is 15.8. The van der Waals surface area contributed by atoms with E-state index in [1.165, 1.54) is 41.9 Å². The van der Waals surface area contributed by atoms with Crippen LogP contribution >= 0.6 is 0 Å². The molecule has 1 aromatic carbocycles. The van der Waals surface area contributed by atoms with E-state index in [-0.39, 0.29) is 12.3 Å². The Morgan fingerprint density at radius 3 is 2.38 bits per heavy atom. The number of allylic oxidation sites excluding steroid dienone is 8. The number of benzene rings is 1. The number of halogens is 3. The molecule has 0 saturated carbocycles. The van der Waals surface area contributed by atoms with Crippen molar-refractivity contribution < 1.29 is 18.0 Å². The van der Waals surface area contributed by atoms with Crippen molar-refractivity contribution in [2.24, 2.45) is 4.99 Å². The number of ketones is 1. The van der Waals surface area contributed by atoms with Gasteiger partial charge in [-0.25, -0.2) is 0 Å². The van der Waals surface area contributed by atoms with Crippen LogP contribution in [-0.4, -0.2) is 25.1 Å². The molecule has 2 rings (SSSR count). The minimum Gasteiger partial charge on any atom is -0.379 e. The number of aliphatic imine (C=N–C) groups is 1. The summed E-state index contributed by atoms with van der Waals surface area (Å²) in [5.74, 6) is -0.162. The second kappa shape index (κ2) is 13.4. The van der Waals surface area contributed by atoms with E-state index < -0.39 is 11.7 Å². The number of rotatable bonds is 7. The Bertz CT molecular complexity index is 1040. The van der Waals surface area contributed by atoms with E-state index in [1.807, 2.05) is 7.05 Å². The van der Waals surface area contributed by atoms with Crippen molar-refractivity contribution >= 4 is 17.2 Å². The van der Waals surface area contributed by atoms with Crippen LogP contribution in [0.5, 0.6) is 0 Å². The number of nitrogens with zero attached hydrogens (tertiary/aromatic N) is 1. The molecule has 0 heterocycles. The van der Waals surface area contributed by atoms with E-state index in [1.54, 1.807) is 6.92 Å². The van der Waals surface area contributed by atoms with Crippen LogP contribution in [0.2, 0.25) is 0 Å². The van der Waals surface area contributed by atoms with Crippen molar-refractivity contribution in [3.05, 3.63) is 88.8 Å². The molecule has 0 spiro atoms. The van der Waals surface area contributed by atoms with Crippen molar-refractivity contribution in [1.29, 1.82) is 0 Å². The average molecular weight is 474 g/mol. The van der Waals surface area contributed by atoms with Crippen molar-refractivity contribution in [3.8, 4) is 0 Å². The van der Waals surface area contributed by atoms with E-state index in [0.717, 1.165) is 24.3 Å². The molecule has 0 saturated heterocycles. The lowest BCUT2D eigenvalue weighted by molar-refractivity contribution is -0.137. The molecule has 4 nitrogen and oxygen atoms in total. The number of hydrogen-bond acceptors (Lipinski definition) is 4. The van der Waals surface area contributed by atoms with Crippen LogP contribution in [-0.2, 0) is 11.0 Å². The van der Waals surface area contributed by atoms with Gasteiger partial charge in [-0.3, -0.25) is 9.79 Å². The maximum Gasteiger partial charge on any atom is 0.416 e. The summed E-state index contributed by atoms with van der Waals surface area (Å²) in [6.07, 6.45) is 4.69. The smallest absolute Gasteiger partial charge is 0.379 e. The molecule has 0 atom stereocenters. The minimum absolute atomic E-state index is 0.162. The van der Waals surface area contributed by atoms with Gasteiger partial charge >= 0.3 is 6.18 Å². The first-order valence-electron chi connectivity index (χ1n) is 10.9. The highest BCUT2D eigenvalue weighted by Crippen LogP contribution is 2.30. The standard InChI is InChI=1S/C15H17F3N2O.C12H17N/c1-10(2)20-14(7-11(3)21)9-19-13-6-4-5-12(8-13)15(16,17)18;1-9-6-5-7-12(8-10(9)2)11(3)13-4/h4-8,19-20H,1,9H2,2-3H3;6-8H,5H2,1-4H3/b14-7-;. The number of carbonyl (C=O) groups excluding carboxylic acids is 1. The highest BCUT2D eigenvalue weighted by atomic mass is 19.4. The van der Waals surface area contributed by atoms with Crippen LogP contribution in [0, 0.1) is 0 Å². The van der Waals surface area contributed by atoms with Crippen molar-refractivity contribution in [2.45, 2.75) is 47.2 Å². The predicted octanol–water partition coefficient (Wildman–Crippen LogP) is 7.01. The van der Waals surface area contributed by atoms with Gasteiger partial charge in [0.2, 0.25) is 0 Å². The molecule has 2 N–H and O–H groups in total. The molecule has 1 aliphatic carbocycles. The fraction of sp³-hybridized carbons (Fsp3) is 0.333. The summed E-state index contributed by atoms with van der Waals surface area (Å²) >= 11 is 0. The SMILES string of the molecule is C=C(C)N/C(=C\C(C)=O)CNc1cccc(C(F)(F)F)c1.CN=C(C)C1=CCC=C(C)C(C)=C1. The summed E-state index contributed by atoms with van der Waals surface area (Å²) in [4.78, 5) is 15.3. The molecule has 0 fully saturated rings. The van der Waals surface area contributed by atoms with E-state index in [9.17, 15) is 18.0 Å². The molecular formula is C27H34F3N3O. The van der Waals surface area contributed by atoms with Gasteiger partial charge < -0.3 is 10.6 Å². The lowest BCUT2D eigenvalue weighted by atomic mass is 10.1. The average Bonchev–Trinajstić information content (AvgIpc) is 2.91. The number of carbonyl (C=O) groups is 1. The van der Waals surface area contributed by atoms with E-state index in [2.05, 4.69) is 61.2 Å². The number of nitrogens with one attached hydrogen (secondary N) is 2. The van der Waals surface area contributed by atoms with Gasteiger partial charge in [-0.05, 0) is 70.4 Å². The molecule has 0 amide bonds. The van der Waals surface area contributed by atoms with Gasteiger partial charge in [0.15, 0.2) is 5.78 Å². The quantitative estimate of drug-likeness (QED) is 0.331. The van der Waals surface area contributed by atoms with E-state index in [4.69, 9.17) is 0 Å². The normalized spacial score (nSPS) is 14.6. The largest absolute Gasteiger partial charge is 0.416 e. The van der Waals surface area contributed by atoms with Crippen molar-refractivity contribution in [3.63, 3.8) is 0 Å². The topological polar surface area (TPSA) is 53.5 Å². The monoisotopic (exact) mass is 473 g/mol. The highest BCUT2D eigenvalue weighted by molar-refractivity contribution is 6.01. The third-order valence-corrected chi connectivity index (χ3v) is 4.93. The van der Waals surface area contributed by atoms with Gasteiger partial charge in [0, 0.05) is 35.9 Å². The molecule has 0 aromatic heterocycles. The zero-order chi connectivity index (χ0) is 25.9. The Morgan fingerprint density at radius 2 is 1.82 bits per heavy atom. The lowest BCUT2D eigenvalue weighted by Gasteiger charge is -2.14. The maximum absolute atomic E-state index is 12.6. The van der Waals surface area contributed by atoms with Crippen LogP contribution in [0.15, 0.2) is 88.3 Å². The summed E-state index contributed by atoms with van der Waals surface area (Å²) in [5, 5.41) is 5.73. The van der Waals surface area contributed by atoms with Crippen molar-refractivity contribution in [2.75, 3.05) is 18.9 Å². The van der Waals surface area contributed by atoms with Crippen molar-refractivity contribution in [1.82, 2.24) is 5.32 Å². The Balaban J connectivity index is 0.000000380. The zero-order valence-electron chi connectivity index (χ0n) is 20.7. The Hall–Kier alpha value is -3.35. The Morgan fingerprint density at radius 1 is 1.15 bits per heavy atom. The third-order valence-electron chi connectivity index (χ3n) is 4.93. The predicted molar refractivity (Wildman–Crippen MR) is 136 cm³/mol. The number of hydrogen-bond donors (Lipinski definition) is 2. The number of alkyl halides is 3. The zero-order valence-corrected chi connectivity index (χ0v) is 20.7. The molecule has 7 heteroatoms.